The first-order valence-corrected chi connectivity index (χ1v) is 4.42. The van der Waals surface area contributed by atoms with E-state index in [1.807, 2.05) is 20.8 Å². The van der Waals surface area contributed by atoms with Gasteiger partial charge in [-0.05, 0) is 26.7 Å². The number of ketones is 1. The predicted molar refractivity (Wildman–Crippen MR) is 52.5 cm³/mol. The summed E-state index contributed by atoms with van der Waals surface area (Å²) in [6.45, 7) is 5.90. The van der Waals surface area contributed by atoms with Crippen LogP contribution in [0.15, 0.2) is 11.6 Å². The Morgan fingerprint density at radius 1 is 1.54 bits per heavy atom. The van der Waals surface area contributed by atoms with Gasteiger partial charge in [0.1, 0.15) is 0 Å². The molecule has 3 nitrogen and oxygen atoms in total. The predicted octanol–water partition coefficient (Wildman–Crippen LogP) is 2.24. The van der Waals surface area contributed by atoms with E-state index in [-0.39, 0.29) is 11.7 Å². The van der Waals surface area contributed by atoms with E-state index in [0.717, 1.165) is 19.1 Å². The van der Waals surface area contributed by atoms with Crippen LogP contribution in [0.4, 0.5) is 0 Å². The van der Waals surface area contributed by atoms with Gasteiger partial charge in [0.2, 0.25) is 5.78 Å². The molecule has 0 spiro atoms. The van der Waals surface area contributed by atoms with Gasteiger partial charge < -0.3 is 5.53 Å². The van der Waals surface area contributed by atoms with Crippen LogP contribution < -0.4 is 0 Å². The zero-order valence-corrected chi connectivity index (χ0v) is 8.45. The molecule has 0 aromatic carbocycles. The minimum Gasteiger partial charge on any atom is -0.361 e. The molecule has 0 aliphatic carbocycles. The molecule has 0 N–H and O–H groups in total. The van der Waals surface area contributed by atoms with Crippen molar-refractivity contribution in [3.8, 4) is 0 Å². The Balaban J connectivity index is 3.87. The van der Waals surface area contributed by atoms with Crippen molar-refractivity contribution in [2.75, 3.05) is 0 Å². The van der Waals surface area contributed by atoms with Crippen LogP contribution in [0, 0.1) is 5.92 Å². The Labute approximate surface area is 79.1 Å². The molecular weight excluding hydrogens is 164 g/mol. The van der Waals surface area contributed by atoms with E-state index in [9.17, 15) is 4.79 Å². The van der Waals surface area contributed by atoms with Gasteiger partial charge in [0.25, 0.3) is 0 Å². The molecule has 0 heterocycles. The number of nitrogens with zero attached hydrogens (tertiary/aromatic N) is 2. The Morgan fingerprint density at radius 3 is 2.62 bits per heavy atom. The van der Waals surface area contributed by atoms with E-state index >= 15 is 0 Å². The topological polar surface area (TPSA) is 53.5 Å². The molecule has 0 amide bonds. The van der Waals surface area contributed by atoms with Crippen LogP contribution in [0.25, 0.3) is 5.53 Å². The van der Waals surface area contributed by atoms with Gasteiger partial charge in [-0.3, -0.25) is 4.79 Å². The van der Waals surface area contributed by atoms with Crippen LogP contribution in [-0.4, -0.2) is 16.8 Å². The van der Waals surface area contributed by atoms with E-state index in [2.05, 4.69) is 10.9 Å². The Morgan fingerprint density at radius 2 is 2.15 bits per heavy atom. The van der Waals surface area contributed by atoms with Gasteiger partial charge in [0, 0.05) is 5.92 Å². The SMILES string of the molecule is CC(C)=CCCC(C)C(=O)C=[N+]=[N-]. The fourth-order valence-corrected chi connectivity index (χ4v) is 0.948. The van der Waals surface area contributed by atoms with E-state index < -0.39 is 0 Å². The van der Waals surface area contributed by atoms with Crippen LogP contribution in [0.5, 0.6) is 0 Å². The third-order valence-electron chi connectivity index (χ3n) is 1.82. The minimum absolute atomic E-state index is 0.0634. The van der Waals surface area contributed by atoms with E-state index in [0.29, 0.717) is 0 Å². The number of hydrogen-bond acceptors (Lipinski definition) is 1. The summed E-state index contributed by atoms with van der Waals surface area (Å²) in [6, 6.07) is 0. The van der Waals surface area contributed by atoms with Crippen LogP contribution in [0.3, 0.4) is 0 Å². The standard InChI is InChI=1S/C10H16N2O/c1-8(2)5-4-6-9(3)10(13)7-12-11/h5,7,9H,4,6H2,1-3H3. The average molecular weight is 180 g/mol. The van der Waals surface area contributed by atoms with Crippen molar-refractivity contribution >= 4 is 12.0 Å². The maximum atomic E-state index is 11.1. The molecular formula is C10H16N2O. The van der Waals surface area contributed by atoms with Crippen LogP contribution in [0.1, 0.15) is 33.6 Å². The fraction of sp³-hybridized carbons (Fsp3) is 0.600. The molecule has 0 aromatic heterocycles. The zero-order chi connectivity index (χ0) is 10.3. The lowest BCUT2D eigenvalue weighted by Crippen LogP contribution is -2.12. The van der Waals surface area contributed by atoms with Gasteiger partial charge in [-0.2, -0.15) is 4.79 Å². The lowest BCUT2D eigenvalue weighted by molar-refractivity contribution is -0.119. The highest BCUT2D eigenvalue weighted by Crippen LogP contribution is 2.07. The van der Waals surface area contributed by atoms with Crippen molar-refractivity contribution < 1.29 is 9.58 Å². The summed E-state index contributed by atoms with van der Waals surface area (Å²) < 4.78 is 0. The third-order valence-corrected chi connectivity index (χ3v) is 1.82. The lowest BCUT2D eigenvalue weighted by atomic mass is 10.0. The summed E-state index contributed by atoms with van der Waals surface area (Å²) in [5.41, 5.74) is 9.40. The highest BCUT2D eigenvalue weighted by molar-refractivity contribution is 6.26. The number of Topliss-reactive ketones (excluding diaryl/α,β-unsaturated/α-hetero) is 1. The highest BCUT2D eigenvalue weighted by Gasteiger charge is 2.12. The van der Waals surface area contributed by atoms with E-state index in [1.54, 1.807) is 0 Å². The Hall–Kier alpha value is -1.21. The second kappa shape index (κ2) is 6.32. The van der Waals surface area contributed by atoms with Gasteiger partial charge in [-0.25, -0.2) is 0 Å². The number of carbonyl (C=O) groups excluding carboxylic acids is 1. The molecule has 0 radical (unpaired) electrons. The Bertz CT molecular complexity index is 246. The highest BCUT2D eigenvalue weighted by atomic mass is 16.1. The molecule has 72 valence electrons. The summed E-state index contributed by atoms with van der Waals surface area (Å²) in [7, 11) is 0. The minimum atomic E-state index is -0.121. The molecule has 0 rings (SSSR count). The molecule has 0 aromatic rings. The summed E-state index contributed by atoms with van der Waals surface area (Å²) in [6.07, 6.45) is 4.76. The van der Waals surface area contributed by atoms with Gasteiger partial charge in [0.05, 0.1) is 0 Å². The average Bonchev–Trinajstić information content (AvgIpc) is 2.04. The third kappa shape index (κ3) is 6.00. The molecule has 0 bridgehead atoms. The van der Waals surface area contributed by atoms with Crippen LogP contribution in [-0.2, 0) is 4.79 Å². The number of rotatable bonds is 5. The molecule has 0 saturated carbocycles. The smallest absolute Gasteiger partial charge is 0.323 e. The summed E-state index contributed by atoms with van der Waals surface area (Å²) in [5.74, 6) is -0.184. The maximum Gasteiger partial charge on any atom is 0.323 e. The Kier molecular flexibility index (Phi) is 5.73. The molecule has 1 unspecified atom stereocenters. The van der Waals surface area contributed by atoms with Crippen molar-refractivity contribution in [3.63, 3.8) is 0 Å². The first kappa shape index (κ1) is 11.8. The maximum absolute atomic E-state index is 11.1. The van der Waals surface area contributed by atoms with E-state index in [4.69, 9.17) is 5.53 Å². The van der Waals surface area contributed by atoms with Gasteiger partial charge in [-0.1, -0.05) is 18.6 Å². The summed E-state index contributed by atoms with van der Waals surface area (Å²) in [5, 5.41) is 0. The second-order valence-corrected chi connectivity index (χ2v) is 3.41. The van der Waals surface area contributed by atoms with Gasteiger partial charge in [0.15, 0.2) is 0 Å². The second-order valence-electron chi connectivity index (χ2n) is 3.41. The molecule has 0 fully saturated rings. The van der Waals surface area contributed by atoms with Crippen molar-refractivity contribution in [2.45, 2.75) is 33.6 Å². The van der Waals surface area contributed by atoms with Crippen molar-refractivity contribution in [2.24, 2.45) is 5.92 Å². The van der Waals surface area contributed by atoms with E-state index in [1.165, 1.54) is 5.57 Å². The first-order chi connectivity index (χ1) is 6.07. The molecule has 3 heteroatoms. The molecule has 0 saturated heterocycles. The van der Waals surface area contributed by atoms with Crippen LogP contribution >= 0.6 is 0 Å². The molecule has 0 aliphatic heterocycles. The fourth-order valence-electron chi connectivity index (χ4n) is 0.948. The first-order valence-electron chi connectivity index (χ1n) is 4.42. The molecule has 0 aliphatic rings. The monoisotopic (exact) mass is 180 g/mol. The van der Waals surface area contributed by atoms with Crippen LogP contribution in [0.2, 0.25) is 0 Å². The summed E-state index contributed by atoms with van der Waals surface area (Å²) in [4.78, 5) is 13.8. The zero-order valence-electron chi connectivity index (χ0n) is 8.45. The van der Waals surface area contributed by atoms with Crippen molar-refractivity contribution in [1.29, 1.82) is 0 Å². The van der Waals surface area contributed by atoms with Gasteiger partial charge >= 0.3 is 6.21 Å². The van der Waals surface area contributed by atoms with Gasteiger partial charge in [-0.15, -0.1) is 0 Å². The molecule has 13 heavy (non-hydrogen) atoms. The van der Waals surface area contributed by atoms with Crippen molar-refractivity contribution in [3.05, 3.63) is 17.2 Å². The normalized spacial score (nSPS) is 11.3. The largest absolute Gasteiger partial charge is 0.361 e. The number of hydrogen-bond donors (Lipinski definition) is 0. The van der Waals surface area contributed by atoms with Crippen molar-refractivity contribution in [1.82, 2.24) is 0 Å². The number of carbonyl (C=O) groups is 1. The lowest BCUT2D eigenvalue weighted by Gasteiger charge is -2.01. The molecule has 1 atom stereocenters. The quantitative estimate of drug-likeness (QED) is 0.277. The number of allylic oxidation sites excluding steroid dienone is 2. The summed E-state index contributed by atoms with van der Waals surface area (Å²) >= 11 is 0.